The predicted octanol–water partition coefficient (Wildman–Crippen LogP) is 0.959. The lowest BCUT2D eigenvalue weighted by atomic mass is 10.1. The molecule has 3 rings (SSSR count). The van der Waals surface area contributed by atoms with Gasteiger partial charge in [-0.05, 0) is 35.3 Å². The zero-order chi connectivity index (χ0) is 11.8. The van der Waals surface area contributed by atoms with Gasteiger partial charge in [0.05, 0.1) is 0 Å². The molecule has 86 valence electrons. The van der Waals surface area contributed by atoms with Gasteiger partial charge in [0, 0.05) is 11.7 Å². The van der Waals surface area contributed by atoms with Crippen LogP contribution < -0.4 is 16.4 Å². The zero-order valence-electron chi connectivity index (χ0n) is 8.90. The maximum Gasteiger partial charge on any atom is 0.197 e. The van der Waals surface area contributed by atoms with Crippen molar-refractivity contribution in [1.29, 1.82) is 0 Å². The van der Waals surface area contributed by atoms with Crippen LogP contribution in [-0.4, -0.2) is 16.1 Å². The van der Waals surface area contributed by atoms with Gasteiger partial charge in [0.15, 0.2) is 11.1 Å². The van der Waals surface area contributed by atoms with Crippen molar-refractivity contribution in [3.05, 3.63) is 36.0 Å². The normalized spacial score (nSPS) is 19.6. The number of aliphatic imine (C=N–C) groups is 1. The fourth-order valence-electron chi connectivity index (χ4n) is 1.87. The number of hydrogen-bond donors (Lipinski definition) is 4. The highest BCUT2D eigenvalue weighted by atomic mass is 32.1. The number of hydrogen-bond acceptors (Lipinski definition) is 3. The Balaban J connectivity index is 2.02. The first-order chi connectivity index (χ1) is 8.22. The minimum atomic E-state index is -0.226. The van der Waals surface area contributed by atoms with Gasteiger partial charge in [0.1, 0.15) is 6.17 Å². The summed E-state index contributed by atoms with van der Waals surface area (Å²) < 4.78 is 0. The van der Waals surface area contributed by atoms with E-state index in [4.69, 9.17) is 18.0 Å². The number of nitrogens with two attached hydrogens (primary N) is 1. The standard InChI is InChI=1S/C11H11N5S/c12-10-14-9(15-11(17)16-10)7-2-1-6-3-4-13-8(6)5-7/h1-5,9,13H,(H4,12,14,15,16,17)/t9-/m0/s1. The molecule has 1 aliphatic heterocycles. The molecule has 5 nitrogen and oxygen atoms in total. The second kappa shape index (κ2) is 3.74. The number of H-pyrrole nitrogens is 1. The summed E-state index contributed by atoms with van der Waals surface area (Å²) in [6.45, 7) is 0. The van der Waals surface area contributed by atoms with Crippen LogP contribution in [0.25, 0.3) is 10.9 Å². The lowest BCUT2D eigenvalue weighted by Crippen LogP contribution is -2.49. The molecule has 0 amide bonds. The predicted molar refractivity (Wildman–Crippen MR) is 71.5 cm³/mol. The summed E-state index contributed by atoms with van der Waals surface area (Å²) in [5.41, 5.74) is 7.74. The first-order valence-electron chi connectivity index (χ1n) is 5.20. The van der Waals surface area contributed by atoms with Crippen LogP contribution in [0.5, 0.6) is 0 Å². The van der Waals surface area contributed by atoms with Gasteiger partial charge in [-0.15, -0.1) is 0 Å². The molecule has 6 heteroatoms. The molecular formula is C11H11N5S. The number of benzene rings is 1. The Morgan fingerprint density at radius 3 is 3.00 bits per heavy atom. The minimum Gasteiger partial charge on any atom is -0.370 e. The largest absolute Gasteiger partial charge is 0.370 e. The number of rotatable bonds is 1. The number of aromatic amines is 1. The van der Waals surface area contributed by atoms with Crippen LogP contribution in [-0.2, 0) is 0 Å². The molecule has 2 heterocycles. The van der Waals surface area contributed by atoms with Crippen molar-refractivity contribution in [1.82, 2.24) is 15.6 Å². The maximum atomic E-state index is 5.65. The number of aromatic nitrogens is 1. The first kappa shape index (κ1) is 10.1. The number of nitrogens with one attached hydrogen (secondary N) is 3. The number of nitrogens with zero attached hydrogens (tertiary/aromatic N) is 1. The highest BCUT2D eigenvalue weighted by Crippen LogP contribution is 2.21. The fraction of sp³-hybridized carbons (Fsp3) is 0.0909. The van der Waals surface area contributed by atoms with E-state index in [0.717, 1.165) is 11.1 Å². The van der Waals surface area contributed by atoms with Crippen LogP contribution in [0.3, 0.4) is 0 Å². The lowest BCUT2D eigenvalue weighted by Gasteiger charge is -2.23. The van der Waals surface area contributed by atoms with E-state index in [1.54, 1.807) is 0 Å². The van der Waals surface area contributed by atoms with Crippen molar-refractivity contribution < 1.29 is 0 Å². The summed E-state index contributed by atoms with van der Waals surface area (Å²) in [6.07, 6.45) is 1.68. The van der Waals surface area contributed by atoms with Crippen LogP contribution in [0.2, 0.25) is 0 Å². The van der Waals surface area contributed by atoms with Gasteiger partial charge in [-0.2, -0.15) is 0 Å². The molecule has 0 saturated carbocycles. The highest BCUT2D eigenvalue weighted by Gasteiger charge is 2.17. The summed E-state index contributed by atoms with van der Waals surface area (Å²) in [5.74, 6) is 0.338. The van der Waals surface area contributed by atoms with Crippen molar-refractivity contribution in [3.8, 4) is 0 Å². The molecule has 1 aliphatic rings. The van der Waals surface area contributed by atoms with E-state index in [-0.39, 0.29) is 6.17 Å². The summed E-state index contributed by atoms with van der Waals surface area (Å²) in [4.78, 5) is 7.43. The second-order valence-corrected chi connectivity index (χ2v) is 4.25. The van der Waals surface area contributed by atoms with E-state index in [1.165, 1.54) is 5.39 Å². The zero-order valence-corrected chi connectivity index (χ0v) is 9.71. The highest BCUT2D eigenvalue weighted by molar-refractivity contribution is 7.80. The molecule has 1 aromatic carbocycles. The molecule has 0 fully saturated rings. The first-order valence-corrected chi connectivity index (χ1v) is 5.61. The molecule has 0 spiro atoms. The molecule has 1 aromatic heterocycles. The molecular weight excluding hydrogens is 234 g/mol. The summed E-state index contributed by atoms with van der Waals surface area (Å²) in [6, 6.07) is 8.12. The molecule has 0 radical (unpaired) electrons. The molecule has 1 atom stereocenters. The molecule has 0 saturated heterocycles. The summed E-state index contributed by atoms with van der Waals surface area (Å²) in [5, 5.41) is 7.47. The second-order valence-electron chi connectivity index (χ2n) is 3.84. The Morgan fingerprint density at radius 1 is 1.29 bits per heavy atom. The van der Waals surface area contributed by atoms with E-state index in [9.17, 15) is 0 Å². The van der Waals surface area contributed by atoms with Crippen LogP contribution >= 0.6 is 12.2 Å². The van der Waals surface area contributed by atoms with Gasteiger partial charge in [-0.1, -0.05) is 12.1 Å². The van der Waals surface area contributed by atoms with E-state index in [0.29, 0.717) is 11.1 Å². The lowest BCUT2D eigenvalue weighted by molar-refractivity contribution is 0.661. The maximum absolute atomic E-state index is 5.65. The molecule has 2 aromatic rings. The van der Waals surface area contributed by atoms with Crippen LogP contribution in [0, 0.1) is 0 Å². The third-order valence-corrected chi connectivity index (χ3v) is 2.89. The van der Waals surface area contributed by atoms with Gasteiger partial charge in [0.2, 0.25) is 0 Å². The van der Waals surface area contributed by atoms with Gasteiger partial charge in [0.25, 0.3) is 0 Å². The van der Waals surface area contributed by atoms with Crippen LogP contribution in [0.15, 0.2) is 35.5 Å². The third kappa shape index (κ3) is 1.83. The van der Waals surface area contributed by atoms with Crippen molar-refractivity contribution in [2.24, 2.45) is 10.7 Å². The van der Waals surface area contributed by atoms with Gasteiger partial charge in [-0.25, -0.2) is 4.99 Å². The number of guanidine groups is 1. The molecule has 0 bridgehead atoms. The van der Waals surface area contributed by atoms with Crippen molar-refractivity contribution in [3.63, 3.8) is 0 Å². The molecule has 17 heavy (non-hydrogen) atoms. The average Bonchev–Trinajstić information content (AvgIpc) is 2.74. The minimum absolute atomic E-state index is 0.226. The van der Waals surface area contributed by atoms with Gasteiger partial charge in [-0.3, -0.25) is 0 Å². The topological polar surface area (TPSA) is 78.2 Å². The van der Waals surface area contributed by atoms with E-state index >= 15 is 0 Å². The molecule has 5 N–H and O–H groups in total. The smallest absolute Gasteiger partial charge is 0.197 e. The van der Waals surface area contributed by atoms with E-state index < -0.39 is 0 Å². The molecule has 0 aliphatic carbocycles. The van der Waals surface area contributed by atoms with Gasteiger partial charge >= 0.3 is 0 Å². The quantitative estimate of drug-likeness (QED) is 0.564. The van der Waals surface area contributed by atoms with Crippen molar-refractivity contribution in [2.75, 3.05) is 0 Å². The van der Waals surface area contributed by atoms with Gasteiger partial charge < -0.3 is 21.4 Å². The molecule has 0 unspecified atom stereocenters. The Hall–Kier alpha value is -2.08. The monoisotopic (exact) mass is 245 g/mol. The Morgan fingerprint density at radius 2 is 2.18 bits per heavy atom. The van der Waals surface area contributed by atoms with Crippen LogP contribution in [0.4, 0.5) is 0 Å². The Kier molecular flexibility index (Phi) is 2.22. The third-order valence-electron chi connectivity index (χ3n) is 2.67. The van der Waals surface area contributed by atoms with Crippen LogP contribution in [0.1, 0.15) is 11.7 Å². The Labute approximate surface area is 103 Å². The number of fused-ring (bicyclic) bond motifs is 1. The summed E-state index contributed by atoms with van der Waals surface area (Å²) in [7, 11) is 0. The van der Waals surface area contributed by atoms with Crippen molar-refractivity contribution >= 4 is 34.2 Å². The summed E-state index contributed by atoms with van der Waals surface area (Å²) >= 11 is 5.05. The fourth-order valence-corrected chi connectivity index (χ4v) is 2.09. The van der Waals surface area contributed by atoms with E-state index in [2.05, 4.69) is 20.6 Å². The number of thiocarbonyl (C=S) groups is 1. The van der Waals surface area contributed by atoms with Crippen molar-refractivity contribution in [2.45, 2.75) is 6.17 Å². The average molecular weight is 245 g/mol. The Bertz CT molecular complexity index is 615. The van der Waals surface area contributed by atoms with E-state index in [1.807, 2.05) is 30.5 Å². The SMILES string of the molecule is NC1=N[C@H](c2ccc3cc[nH]c3c2)NC(=S)N1.